The smallest absolute Gasteiger partial charge is 0.262 e. The summed E-state index contributed by atoms with van der Waals surface area (Å²) in [7, 11) is -3.70. The second-order valence-corrected chi connectivity index (χ2v) is 6.50. The average Bonchev–Trinajstić information content (AvgIpc) is 2.79. The van der Waals surface area contributed by atoms with Crippen LogP contribution in [0.5, 0.6) is 0 Å². The van der Waals surface area contributed by atoms with Crippen LogP contribution < -0.4 is 10.5 Å². The van der Waals surface area contributed by atoms with Gasteiger partial charge in [-0.3, -0.25) is 4.72 Å². The van der Waals surface area contributed by atoms with Gasteiger partial charge in [0.2, 0.25) is 0 Å². The molecule has 0 bridgehead atoms. The van der Waals surface area contributed by atoms with E-state index >= 15 is 0 Å². The molecule has 0 unspecified atom stereocenters. The first-order valence-electron chi connectivity index (χ1n) is 5.30. The predicted octanol–water partition coefficient (Wildman–Crippen LogP) is 2.31. The first-order chi connectivity index (χ1) is 8.94. The fourth-order valence-electron chi connectivity index (χ4n) is 1.47. The van der Waals surface area contributed by atoms with Gasteiger partial charge >= 0.3 is 0 Å². The van der Waals surface area contributed by atoms with Crippen LogP contribution in [0.1, 0.15) is 11.1 Å². The van der Waals surface area contributed by atoms with Gasteiger partial charge in [0.1, 0.15) is 11.1 Å². The van der Waals surface area contributed by atoms with E-state index < -0.39 is 10.0 Å². The van der Waals surface area contributed by atoms with Gasteiger partial charge in [-0.1, -0.05) is 0 Å². The van der Waals surface area contributed by atoms with Crippen LogP contribution in [0.3, 0.4) is 0 Å². The van der Waals surface area contributed by atoms with E-state index in [1.54, 1.807) is 24.4 Å². The van der Waals surface area contributed by atoms with Gasteiger partial charge in [0.25, 0.3) is 10.0 Å². The summed E-state index contributed by atoms with van der Waals surface area (Å²) in [5.41, 5.74) is 7.19. The molecule has 3 N–H and O–H groups in total. The third-order valence-electron chi connectivity index (χ3n) is 2.56. The lowest BCUT2D eigenvalue weighted by Gasteiger charge is -2.08. The van der Waals surface area contributed by atoms with Gasteiger partial charge in [-0.25, -0.2) is 8.42 Å². The van der Waals surface area contributed by atoms with Crippen molar-refractivity contribution in [2.75, 3.05) is 10.5 Å². The minimum atomic E-state index is -3.70. The monoisotopic (exact) mass is 293 g/mol. The Balaban J connectivity index is 2.38. The molecule has 0 radical (unpaired) electrons. The minimum absolute atomic E-state index is 0.122. The molecule has 0 aliphatic carbocycles. The van der Waals surface area contributed by atoms with Crippen LogP contribution in [-0.2, 0) is 10.0 Å². The number of aryl methyl sites for hydroxylation is 1. The fraction of sp³-hybridized carbons (Fsp3) is 0.0833. The van der Waals surface area contributed by atoms with Gasteiger partial charge in [-0.2, -0.15) is 5.26 Å². The van der Waals surface area contributed by atoms with Crippen LogP contribution in [-0.4, -0.2) is 8.42 Å². The second kappa shape index (κ2) is 4.91. The summed E-state index contributed by atoms with van der Waals surface area (Å²) in [4.78, 5) is 0.122. The molecule has 1 heterocycles. The van der Waals surface area contributed by atoms with Crippen molar-refractivity contribution in [2.24, 2.45) is 0 Å². The zero-order valence-corrected chi connectivity index (χ0v) is 11.7. The SMILES string of the molecule is Cc1cc(S(=O)(=O)Nc2sccc2C#N)ccc1N. The number of nitrogens with zero attached hydrogens (tertiary/aromatic N) is 1. The van der Waals surface area contributed by atoms with Crippen molar-refractivity contribution in [3.8, 4) is 6.07 Å². The highest BCUT2D eigenvalue weighted by Crippen LogP contribution is 2.26. The Hall–Kier alpha value is -2.04. The average molecular weight is 293 g/mol. The van der Waals surface area contributed by atoms with Crippen molar-refractivity contribution in [1.82, 2.24) is 0 Å². The molecule has 0 saturated heterocycles. The highest BCUT2D eigenvalue weighted by molar-refractivity contribution is 7.93. The number of nitrogen functional groups attached to an aromatic ring is 1. The van der Waals surface area contributed by atoms with Crippen molar-refractivity contribution in [1.29, 1.82) is 5.26 Å². The number of hydrogen-bond donors (Lipinski definition) is 2. The van der Waals surface area contributed by atoms with Crippen molar-refractivity contribution in [3.63, 3.8) is 0 Å². The van der Waals surface area contributed by atoms with E-state index in [2.05, 4.69) is 4.72 Å². The number of nitriles is 1. The largest absolute Gasteiger partial charge is 0.399 e. The van der Waals surface area contributed by atoms with Gasteiger partial charge < -0.3 is 5.73 Å². The Morgan fingerprint density at radius 3 is 2.74 bits per heavy atom. The van der Waals surface area contributed by atoms with Gasteiger partial charge in [0, 0.05) is 5.69 Å². The molecule has 0 spiro atoms. The standard InChI is InChI=1S/C12H11N3O2S2/c1-8-6-10(2-3-11(8)14)19(16,17)15-12-9(7-13)4-5-18-12/h2-6,15H,14H2,1H3. The first kappa shape index (κ1) is 13.4. The Labute approximate surface area is 115 Å². The Morgan fingerprint density at radius 1 is 1.37 bits per heavy atom. The van der Waals surface area contributed by atoms with Gasteiger partial charge in [0.15, 0.2) is 0 Å². The van der Waals surface area contributed by atoms with Crippen LogP contribution in [0.25, 0.3) is 0 Å². The van der Waals surface area contributed by atoms with Crippen LogP contribution in [0.2, 0.25) is 0 Å². The number of hydrogen-bond acceptors (Lipinski definition) is 5. The highest BCUT2D eigenvalue weighted by atomic mass is 32.2. The zero-order valence-electron chi connectivity index (χ0n) is 10.0. The lowest BCUT2D eigenvalue weighted by Crippen LogP contribution is -2.13. The number of anilines is 2. The van der Waals surface area contributed by atoms with E-state index in [4.69, 9.17) is 11.0 Å². The molecule has 0 saturated carbocycles. The van der Waals surface area contributed by atoms with Crippen LogP contribution in [0.4, 0.5) is 10.7 Å². The summed E-state index contributed by atoms with van der Waals surface area (Å²) in [6, 6.07) is 7.98. The molecule has 1 aromatic carbocycles. The number of nitrogens with two attached hydrogens (primary N) is 1. The summed E-state index contributed by atoms with van der Waals surface area (Å²) < 4.78 is 26.8. The molecule has 5 nitrogen and oxygen atoms in total. The molecule has 1 aromatic heterocycles. The maximum Gasteiger partial charge on any atom is 0.262 e. The molecule has 2 rings (SSSR count). The third kappa shape index (κ3) is 2.70. The number of benzene rings is 1. The summed E-state index contributed by atoms with van der Waals surface area (Å²) in [5.74, 6) is 0. The van der Waals surface area contributed by atoms with E-state index in [1.807, 2.05) is 6.07 Å². The van der Waals surface area contributed by atoms with E-state index in [1.165, 1.54) is 23.5 Å². The highest BCUT2D eigenvalue weighted by Gasteiger charge is 2.17. The number of rotatable bonds is 3. The van der Waals surface area contributed by atoms with Gasteiger partial charge in [-0.05, 0) is 42.1 Å². The molecule has 0 atom stereocenters. The molecular formula is C12H11N3O2S2. The molecule has 0 aliphatic rings. The number of nitrogens with one attached hydrogen (secondary N) is 1. The summed E-state index contributed by atoms with van der Waals surface area (Å²) >= 11 is 1.17. The molecule has 0 aliphatic heterocycles. The summed E-state index contributed by atoms with van der Waals surface area (Å²) in [6.45, 7) is 1.74. The van der Waals surface area contributed by atoms with Gasteiger partial charge in [-0.15, -0.1) is 11.3 Å². The summed E-state index contributed by atoms with van der Waals surface area (Å²) in [5, 5.41) is 10.8. The number of sulfonamides is 1. The lowest BCUT2D eigenvalue weighted by molar-refractivity contribution is 0.601. The van der Waals surface area contributed by atoms with E-state index in [-0.39, 0.29) is 4.90 Å². The van der Waals surface area contributed by atoms with Crippen molar-refractivity contribution < 1.29 is 8.42 Å². The molecule has 7 heteroatoms. The van der Waals surface area contributed by atoms with Gasteiger partial charge in [0.05, 0.1) is 10.5 Å². The molecule has 19 heavy (non-hydrogen) atoms. The van der Waals surface area contributed by atoms with E-state index in [0.717, 1.165) is 0 Å². The van der Waals surface area contributed by atoms with Crippen LogP contribution in [0, 0.1) is 18.3 Å². The maximum atomic E-state index is 12.2. The Bertz CT molecular complexity index is 758. The molecule has 2 aromatic rings. The normalized spacial score (nSPS) is 10.9. The van der Waals surface area contributed by atoms with Crippen molar-refractivity contribution >= 4 is 32.0 Å². The Kier molecular flexibility index (Phi) is 3.46. The Morgan fingerprint density at radius 2 is 2.11 bits per heavy atom. The molecule has 0 fully saturated rings. The lowest BCUT2D eigenvalue weighted by atomic mass is 10.2. The predicted molar refractivity (Wildman–Crippen MR) is 75.4 cm³/mol. The van der Waals surface area contributed by atoms with E-state index in [0.29, 0.717) is 21.8 Å². The summed E-state index contributed by atoms with van der Waals surface area (Å²) in [6.07, 6.45) is 0. The number of thiophene rings is 1. The van der Waals surface area contributed by atoms with Crippen LogP contribution in [0.15, 0.2) is 34.5 Å². The van der Waals surface area contributed by atoms with Crippen LogP contribution >= 0.6 is 11.3 Å². The van der Waals surface area contributed by atoms with E-state index in [9.17, 15) is 8.42 Å². The fourth-order valence-corrected chi connectivity index (χ4v) is 3.63. The second-order valence-electron chi connectivity index (χ2n) is 3.90. The third-order valence-corrected chi connectivity index (χ3v) is 4.87. The molecule has 98 valence electrons. The maximum absolute atomic E-state index is 12.2. The molecule has 0 amide bonds. The minimum Gasteiger partial charge on any atom is -0.399 e. The van der Waals surface area contributed by atoms with Crippen molar-refractivity contribution in [2.45, 2.75) is 11.8 Å². The molecular weight excluding hydrogens is 282 g/mol. The zero-order chi connectivity index (χ0) is 14.0. The van der Waals surface area contributed by atoms with Crippen molar-refractivity contribution in [3.05, 3.63) is 40.8 Å². The topological polar surface area (TPSA) is 96.0 Å². The first-order valence-corrected chi connectivity index (χ1v) is 7.67. The quantitative estimate of drug-likeness (QED) is 0.849.